The van der Waals surface area contributed by atoms with E-state index in [9.17, 15) is 9.59 Å². The normalized spacial score (nSPS) is 17.3. The van der Waals surface area contributed by atoms with Crippen LogP contribution in [0.3, 0.4) is 0 Å². The van der Waals surface area contributed by atoms with Crippen molar-refractivity contribution >= 4 is 34.8 Å². The summed E-state index contributed by atoms with van der Waals surface area (Å²) in [7, 11) is 0. The molecular weight excluding hydrogens is 360 g/mol. The summed E-state index contributed by atoms with van der Waals surface area (Å²) in [6, 6.07) is 9.24. The summed E-state index contributed by atoms with van der Waals surface area (Å²) in [4.78, 5) is 26.1. The largest absolute Gasteiger partial charge is 0.370 e. The summed E-state index contributed by atoms with van der Waals surface area (Å²) < 4.78 is 5.77. The molecule has 1 unspecified atom stereocenters. The fourth-order valence-electron chi connectivity index (χ4n) is 2.69. The van der Waals surface area contributed by atoms with Gasteiger partial charge in [-0.15, -0.1) is 0 Å². The first-order chi connectivity index (χ1) is 12.1. The molecule has 1 N–H and O–H groups in total. The third-order valence-corrected chi connectivity index (χ3v) is 5.00. The molecule has 1 saturated heterocycles. The molecule has 0 aliphatic carbocycles. The van der Waals surface area contributed by atoms with E-state index < -0.39 is 0 Å². The van der Waals surface area contributed by atoms with Crippen LogP contribution in [0.4, 0.5) is 0 Å². The third kappa shape index (κ3) is 4.81. The van der Waals surface area contributed by atoms with Gasteiger partial charge >= 0.3 is 0 Å². The molecule has 1 fully saturated rings. The zero-order valence-corrected chi connectivity index (χ0v) is 15.2. The topological polar surface area (TPSA) is 58.6 Å². The molecule has 0 radical (unpaired) electrons. The van der Waals surface area contributed by atoms with Crippen molar-refractivity contribution in [1.82, 2.24) is 10.2 Å². The SMILES string of the molecule is O=C(NCCC(=O)N1CCOC(c2ccc(Cl)cc2)C1)c1ccsc1. The van der Waals surface area contributed by atoms with E-state index in [0.717, 1.165) is 5.56 Å². The van der Waals surface area contributed by atoms with Crippen LogP contribution in [0.2, 0.25) is 5.02 Å². The predicted octanol–water partition coefficient (Wildman–Crippen LogP) is 3.12. The van der Waals surface area contributed by atoms with E-state index in [2.05, 4.69) is 5.32 Å². The maximum Gasteiger partial charge on any atom is 0.252 e. The molecule has 25 heavy (non-hydrogen) atoms. The molecule has 3 rings (SSSR count). The minimum absolute atomic E-state index is 0.0212. The summed E-state index contributed by atoms with van der Waals surface area (Å²) in [6.45, 7) is 1.91. The van der Waals surface area contributed by atoms with Crippen molar-refractivity contribution in [3.63, 3.8) is 0 Å². The molecule has 2 amide bonds. The maximum atomic E-state index is 12.4. The smallest absolute Gasteiger partial charge is 0.252 e. The quantitative estimate of drug-likeness (QED) is 0.869. The number of nitrogens with zero attached hydrogens (tertiary/aromatic N) is 1. The number of hydrogen-bond acceptors (Lipinski definition) is 4. The first-order valence-electron chi connectivity index (χ1n) is 8.09. The molecule has 2 heterocycles. The first kappa shape index (κ1) is 17.9. The molecular formula is C18H19ClN2O3S. The van der Waals surface area contributed by atoms with Gasteiger partial charge in [0.2, 0.25) is 5.91 Å². The van der Waals surface area contributed by atoms with Crippen LogP contribution in [-0.2, 0) is 9.53 Å². The molecule has 1 aromatic heterocycles. The Balaban J connectivity index is 1.48. The fourth-order valence-corrected chi connectivity index (χ4v) is 3.45. The summed E-state index contributed by atoms with van der Waals surface area (Å²) in [5.41, 5.74) is 1.64. The minimum atomic E-state index is -0.143. The Morgan fingerprint density at radius 1 is 1.28 bits per heavy atom. The van der Waals surface area contributed by atoms with Gasteiger partial charge in [0.25, 0.3) is 5.91 Å². The van der Waals surface area contributed by atoms with Gasteiger partial charge in [-0.2, -0.15) is 11.3 Å². The van der Waals surface area contributed by atoms with E-state index >= 15 is 0 Å². The van der Waals surface area contributed by atoms with Gasteiger partial charge in [0.05, 0.1) is 13.2 Å². The van der Waals surface area contributed by atoms with Crippen molar-refractivity contribution in [2.45, 2.75) is 12.5 Å². The van der Waals surface area contributed by atoms with Crippen molar-refractivity contribution in [3.8, 4) is 0 Å². The molecule has 0 spiro atoms. The number of nitrogens with one attached hydrogen (secondary N) is 1. The van der Waals surface area contributed by atoms with Gasteiger partial charge in [-0.3, -0.25) is 9.59 Å². The number of benzene rings is 1. The second-order valence-corrected chi connectivity index (χ2v) is 6.99. The highest BCUT2D eigenvalue weighted by atomic mass is 35.5. The number of ether oxygens (including phenoxy) is 1. The molecule has 7 heteroatoms. The van der Waals surface area contributed by atoms with E-state index in [1.54, 1.807) is 16.3 Å². The van der Waals surface area contributed by atoms with Gasteiger partial charge in [0.1, 0.15) is 6.10 Å². The monoisotopic (exact) mass is 378 g/mol. The van der Waals surface area contributed by atoms with Gasteiger partial charge in [0.15, 0.2) is 0 Å². The number of amides is 2. The molecule has 132 valence electrons. The minimum Gasteiger partial charge on any atom is -0.370 e. The Morgan fingerprint density at radius 2 is 2.08 bits per heavy atom. The molecule has 0 bridgehead atoms. The first-order valence-corrected chi connectivity index (χ1v) is 9.41. The number of morpholine rings is 1. The van der Waals surface area contributed by atoms with Crippen LogP contribution >= 0.6 is 22.9 Å². The van der Waals surface area contributed by atoms with Crippen molar-refractivity contribution in [2.24, 2.45) is 0 Å². The summed E-state index contributed by atoms with van der Waals surface area (Å²) >= 11 is 7.38. The third-order valence-electron chi connectivity index (χ3n) is 4.07. The molecule has 5 nitrogen and oxygen atoms in total. The van der Waals surface area contributed by atoms with Gasteiger partial charge in [0, 0.05) is 35.5 Å². The Morgan fingerprint density at radius 3 is 2.80 bits per heavy atom. The Labute approximate surface area is 155 Å². The number of thiophene rings is 1. The highest BCUT2D eigenvalue weighted by molar-refractivity contribution is 7.08. The van der Waals surface area contributed by atoms with E-state index in [1.165, 1.54) is 11.3 Å². The van der Waals surface area contributed by atoms with Crippen molar-refractivity contribution in [2.75, 3.05) is 26.2 Å². The predicted molar refractivity (Wildman–Crippen MR) is 98.0 cm³/mol. The lowest BCUT2D eigenvalue weighted by atomic mass is 10.1. The van der Waals surface area contributed by atoms with Gasteiger partial charge in [-0.1, -0.05) is 23.7 Å². The van der Waals surface area contributed by atoms with Crippen LogP contribution in [0.1, 0.15) is 28.4 Å². The number of halogens is 1. The van der Waals surface area contributed by atoms with Crippen LogP contribution in [-0.4, -0.2) is 43.0 Å². The average Bonchev–Trinajstić information content (AvgIpc) is 3.17. The number of carbonyl (C=O) groups excluding carboxylic acids is 2. The standard InChI is InChI=1S/C18H19ClN2O3S/c19-15-3-1-13(2-4-15)16-11-21(8-9-24-16)17(22)5-7-20-18(23)14-6-10-25-12-14/h1-4,6,10,12,16H,5,7-9,11H2,(H,20,23). The van der Waals surface area contributed by atoms with Crippen molar-refractivity contribution in [1.29, 1.82) is 0 Å². The van der Waals surface area contributed by atoms with Crippen LogP contribution in [0, 0.1) is 0 Å². The van der Waals surface area contributed by atoms with E-state index in [0.29, 0.717) is 36.8 Å². The van der Waals surface area contributed by atoms with Crippen molar-refractivity contribution < 1.29 is 14.3 Å². The number of hydrogen-bond donors (Lipinski definition) is 1. The van der Waals surface area contributed by atoms with Gasteiger partial charge in [-0.05, 0) is 29.1 Å². The highest BCUT2D eigenvalue weighted by Crippen LogP contribution is 2.24. The van der Waals surface area contributed by atoms with Crippen LogP contribution in [0.15, 0.2) is 41.1 Å². The molecule has 1 aromatic carbocycles. The van der Waals surface area contributed by atoms with Gasteiger partial charge in [-0.25, -0.2) is 0 Å². The second kappa shape index (κ2) is 8.47. The zero-order valence-electron chi connectivity index (χ0n) is 13.6. The van der Waals surface area contributed by atoms with Crippen LogP contribution in [0.5, 0.6) is 0 Å². The van der Waals surface area contributed by atoms with Crippen LogP contribution in [0.25, 0.3) is 0 Å². The molecule has 0 saturated carbocycles. The molecule has 1 aliphatic heterocycles. The Hall–Kier alpha value is -1.89. The van der Waals surface area contributed by atoms with Gasteiger partial charge < -0.3 is 15.0 Å². The van der Waals surface area contributed by atoms with Crippen molar-refractivity contribution in [3.05, 3.63) is 57.2 Å². The lowest BCUT2D eigenvalue weighted by Gasteiger charge is -2.33. The second-order valence-electron chi connectivity index (χ2n) is 5.77. The Kier molecular flexibility index (Phi) is 6.07. The summed E-state index contributed by atoms with van der Waals surface area (Å²) in [5, 5.41) is 7.09. The Bertz CT molecular complexity index is 718. The summed E-state index contributed by atoms with van der Waals surface area (Å²) in [6.07, 6.45) is 0.138. The van der Waals surface area contributed by atoms with E-state index in [4.69, 9.17) is 16.3 Å². The number of rotatable bonds is 5. The summed E-state index contributed by atoms with van der Waals surface area (Å²) in [5.74, 6) is -0.122. The zero-order chi connectivity index (χ0) is 17.6. The average molecular weight is 379 g/mol. The lowest BCUT2D eigenvalue weighted by molar-refractivity contribution is -0.138. The number of carbonyl (C=O) groups is 2. The highest BCUT2D eigenvalue weighted by Gasteiger charge is 2.25. The van der Waals surface area contributed by atoms with E-state index in [-0.39, 0.29) is 24.3 Å². The molecule has 2 aromatic rings. The van der Waals surface area contributed by atoms with E-state index in [1.807, 2.05) is 29.6 Å². The molecule has 1 atom stereocenters. The maximum absolute atomic E-state index is 12.4. The molecule has 1 aliphatic rings. The van der Waals surface area contributed by atoms with Crippen LogP contribution < -0.4 is 5.32 Å². The lowest BCUT2D eigenvalue weighted by Crippen LogP contribution is -2.43. The fraction of sp³-hybridized carbons (Fsp3) is 0.333.